The molecule has 1 heterocycles. The van der Waals surface area contributed by atoms with E-state index in [0.29, 0.717) is 34.4 Å². The van der Waals surface area contributed by atoms with Crippen molar-refractivity contribution in [3.05, 3.63) is 57.6 Å². The molecular weight excluding hydrogens is 283 g/mol. The van der Waals surface area contributed by atoms with E-state index < -0.39 is 0 Å². The lowest BCUT2D eigenvalue weighted by molar-refractivity contribution is -0.117. The van der Waals surface area contributed by atoms with E-state index >= 15 is 0 Å². The molecule has 0 bridgehead atoms. The van der Waals surface area contributed by atoms with Gasteiger partial charge in [-0.1, -0.05) is 23.2 Å². The summed E-state index contributed by atoms with van der Waals surface area (Å²) in [7, 11) is 0. The van der Waals surface area contributed by atoms with Gasteiger partial charge >= 0.3 is 0 Å². The zero-order chi connectivity index (χ0) is 13.4. The van der Waals surface area contributed by atoms with Crippen molar-refractivity contribution in [2.75, 3.05) is 0 Å². The van der Waals surface area contributed by atoms with Crippen LogP contribution in [-0.4, -0.2) is 5.78 Å². The number of benzene rings is 2. The number of ketones is 1. The van der Waals surface area contributed by atoms with Crippen LogP contribution in [0.1, 0.15) is 11.1 Å². The molecule has 2 aromatic carbocycles. The molecule has 0 fully saturated rings. The standard InChI is InChI=1S/C15H10Cl2O2/c16-11-1-3-14-9(5-11)7-13(18)8-10-6-12(17)2-4-15(10)19-14/h1-6H,7-8H2. The summed E-state index contributed by atoms with van der Waals surface area (Å²) in [4.78, 5) is 12.0. The molecule has 0 atom stereocenters. The van der Waals surface area contributed by atoms with Crippen LogP contribution in [-0.2, 0) is 17.6 Å². The Morgan fingerprint density at radius 2 is 1.32 bits per heavy atom. The van der Waals surface area contributed by atoms with Crippen molar-refractivity contribution in [2.45, 2.75) is 12.8 Å². The molecule has 0 aromatic heterocycles. The SMILES string of the molecule is O=C1Cc2cc(Cl)ccc2Oc2ccc(Cl)cc2C1. The average molecular weight is 293 g/mol. The van der Waals surface area contributed by atoms with E-state index in [4.69, 9.17) is 27.9 Å². The van der Waals surface area contributed by atoms with Crippen molar-refractivity contribution in [3.8, 4) is 11.5 Å². The maximum atomic E-state index is 12.0. The zero-order valence-electron chi connectivity index (χ0n) is 9.95. The van der Waals surface area contributed by atoms with Crippen molar-refractivity contribution in [1.29, 1.82) is 0 Å². The number of Topliss-reactive ketones (excluding diaryl/α,β-unsaturated/α-hetero) is 1. The van der Waals surface area contributed by atoms with Gasteiger partial charge in [-0.2, -0.15) is 0 Å². The molecule has 0 saturated heterocycles. The number of hydrogen-bond donors (Lipinski definition) is 0. The van der Waals surface area contributed by atoms with Crippen LogP contribution >= 0.6 is 23.2 Å². The van der Waals surface area contributed by atoms with Crippen molar-refractivity contribution in [3.63, 3.8) is 0 Å². The molecule has 0 unspecified atom stereocenters. The molecule has 2 aromatic rings. The molecule has 96 valence electrons. The highest BCUT2D eigenvalue weighted by atomic mass is 35.5. The minimum absolute atomic E-state index is 0.121. The summed E-state index contributed by atoms with van der Waals surface area (Å²) in [6, 6.07) is 10.6. The molecule has 0 aliphatic carbocycles. The highest BCUT2D eigenvalue weighted by Gasteiger charge is 2.18. The largest absolute Gasteiger partial charge is 0.457 e. The van der Waals surface area contributed by atoms with E-state index in [1.54, 1.807) is 36.4 Å². The Morgan fingerprint density at radius 1 is 0.842 bits per heavy atom. The van der Waals surface area contributed by atoms with Gasteiger partial charge in [0.15, 0.2) is 0 Å². The molecule has 2 nitrogen and oxygen atoms in total. The third-order valence-corrected chi connectivity index (χ3v) is 3.51. The van der Waals surface area contributed by atoms with Gasteiger partial charge in [-0.05, 0) is 36.4 Å². The van der Waals surface area contributed by atoms with Gasteiger partial charge in [-0.15, -0.1) is 0 Å². The van der Waals surface area contributed by atoms with Crippen molar-refractivity contribution >= 4 is 29.0 Å². The Kier molecular flexibility index (Phi) is 3.21. The van der Waals surface area contributed by atoms with Crippen LogP contribution < -0.4 is 4.74 Å². The zero-order valence-corrected chi connectivity index (χ0v) is 11.5. The summed E-state index contributed by atoms with van der Waals surface area (Å²) >= 11 is 11.9. The Hall–Kier alpha value is -1.51. The van der Waals surface area contributed by atoms with Gasteiger partial charge in [0, 0.05) is 34.0 Å². The van der Waals surface area contributed by atoms with Gasteiger partial charge in [0.2, 0.25) is 0 Å². The smallest absolute Gasteiger partial charge is 0.141 e. The van der Waals surface area contributed by atoms with Crippen LogP contribution in [0.3, 0.4) is 0 Å². The number of rotatable bonds is 0. The number of halogens is 2. The average Bonchev–Trinajstić information content (AvgIpc) is 2.33. The van der Waals surface area contributed by atoms with Gasteiger partial charge in [0.1, 0.15) is 17.3 Å². The summed E-state index contributed by atoms with van der Waals surface area (Å²) in [6.45, 7) is 0. The highest BCUT2D eigenvalue weighted by Crippen LogP contribution is 2.34. The highest BCUT2D eigenvalue weighted by molar-refractivity contribution is 6.31. The second-order valence-electron chi connectivity index (χ2n) is 4.50. The Bertz CT molecular complexity index is 610. The van der Waals surface area contributed by atoms with Crippen LogP contribution in [0.2, 0.25) is 10.0 Å². The van der Waals surface area contributed by atoms with E-state index in [0.717, 1.165) is 11.1 Å². The summed E-state index contributed by atoms with van der Waals surface area (Å²) in [5.74, 6) is 1.46. The number of ether oxygens (including phenoxy) is 1. The van der Waals surface area contributed by atoms with Crippen LogP contribution in [0.15, 0.2) is 36.4 Å². The van der Waals surface area contributed by atoms with Gasteiger partial charge < -0.3 is 4.74 Å². The summed E-state index contributed by atoms with van der Waals surface area (Å²) in [5, 5.41) is 1.21. The van der Waals surface area contributed by atoms with E-state index in [9.17, 15) is 4.79 Å². The quantitative estimate of drug-likeness (QED) is 0.717. The summed E-state index contributed by atoms with van der Waals surface area (Å²) in [5.41, 5.74) is 1.64. The summed E-state index contributed by atoms with van der Waals surface area (Å²) < 4.78 is 5.87. The molecule has 3 rings (SSSR count). The maximum absolute atomic E-state index is 12.0. The lowest BCUT2D eigenvalue weighted by Gasteiger charge is -2.17. The maximum Gasteiger partial charge on any atom is 0.141 e. The molecule has 19 heavy (non-hydrogen) atoms. The second kappa shape index (κ2) is 4.87. The molecule has 4 heteroatoms. The lowest BCUT2D eigenvalue weighted by atomic mass is 10.00. The van der Waals surface area contributed by atoms with E-state index in [-0.39, 0.29) is 5.78 Å². The first kappa shape index (κ1) is 12.5. The minimum atomic E-state index is 0.121. The normalized spacial score (nSPS) is 13.9. The number of fused-ring (bicyclic) bond motifs is 2. The molecule has 1 aliphatic heterocycles. The van der Waals surface area contributed by atoms with Gasteiger partial charge in [0.25, 0.3) is 0 Å². The fourth-order valence-electron chi connectivity index (χ4n) is 2.18. The van der Waals surface area contributed by atoms with Crippen molar-refractivity contribution in [1.82, 2.24) is 0 Å². The lowest BCUT2D eigenvalue weighted by Crippen LogP contribution is -2.11. The molecule has 0 spiro atoms. The van der Waals surface area contributed by atoms with Gasteiger partial charge in [0.05, 0.1) is 0 Å². The second-order valence-corrected chi connectivity index (χ2v) is 5.37. The molecule has 0 saturated carbocycles. The van der Waals surface area contributed by atoms with E-state index in [1.807, 2.05) is 0 Å². The van der Waals surface area contributed by atoms with Crippen LogP contribution in [0.25, 0.3) is 0 Å². The Balaban J connectivity index is 2.12. The third-order valence-electron chi connectivity index (χ3n) is 3.04. The molecule has 0 radical (unpaired) electrons. The monoisotopic (exact) mass is 292 g/mol. The Morgan fingerprint density at radius 3 is 1.79 bits per heavy atom. The van der Waals surface area contributed by atoms with E-state index in [2.05, 4.69) is 0 Å². The minimum Gasteiger partial charge on any atom is -0.457 e. The fourth-order valence-corrected chi connectivity index (χ4v) is 2.57. The first-order valence-electron chi connectivity index (χ1n) is 5.88. The number of hydrogen-bond acceptors (Lipinski definition) is 2. The number of carbonyl (C=O) groups excluding carboxylic acids is 1. The van der Waals surface area contributed by atoms with Crippen LogP contribution in [0, 0.1) is 0 Å². The molecule has 0 N–H and O–H groups in total. The predicted octanol–water partition coefficient (Wildman–Crippen LogP) is 4.45. The van der Waals surface area contributed by atoms with Gasteiger partial charge in [-0.3, -0.25) is 4.79 Å². The van der Waals surface area contributed by atoms with E-state index in [1.165, 1.54) is 0 Å². The third kappa shape index (κ3) is 2.60. The first-order valence-corrected chi connectivity index (χ1v) is 6.64. The predicted molar refractivity (Wildman–Crippen MR) is 75.4 cm³/mol. The van der Waals surface area contributed by atoms with Crippen LogP contribution in [0.4, 0.5) is 0 Å². The van der Waals surface area contributed by atoms with Crippen LogP contribution in [0.5, 0.6) is 11.5 Å². The van der Waals surface area contributed by atoms with Gasteiger partial charge in [-0.25, -0.2) is 0 Å². The topological polar surface area (TPSA) is 26.3 Å². The van der Waals surface area contributed by atoms with Crippen molar-refractivity contribution < 1.29 is 9.53 Å². The first-order chi connectivity index (χ1) is 9.11. The molecule has 1 aliphatic rings. The fraction of sp³-hybridized carbons (Fsp3) is 0.133. The van der Waals surface area contributed by atoms with Crippen molar-refractivity contribution in [2.24, 2.45) is 0 Å². The Labute approximate surface area is 120 Å². The molecular formula is C15H10Cl2O2. The molecule has 0 amide bonds. The summed E-state index contributed by atoms with van der Waals surface area (Å²) in [6.07, 6.45) is 0.643. The number of carbonyl (C=O) groups is 1.